The minimum Gasteiger partial charge on any atom is -0.245 e. The number of nitrogens with two attached hydrogens (primary N) is 1. The molecule has 7 nitrogen and oxygen atoms in total. The Balaban J connectivity index is 0.000000197. The molecule has 3 rings (SSSR count). The first-order valence-electron chi connectivity index (χ1n) is 6.99. The van der Waals surface area contributed by atoms with Gasteiger partial charge in [-0.1, -0.05) is 53.5 Å². The van der Waals surface area contributed by atoms with Gasteiger partial charge in [-0.3, -0.25) is 0 Å². The lowest BCUT2D eigenvalue weighted by Gasteiger charge is -2.00. The molecule has 0 amide bonds. The minimum atomic E-state index is -3.75. The predicted octanol–water partition coefficient (Wildman–Crippen LogP) is 3.20. The highest BCUT2D eigenvalue weighted by atomic mass is 35.5. The molecule has 1 aromatic carbocycles. The third-order valence-corrected chi connectivity index (χ3v) is 4.88. The zero-order valence-corrected chi connectivity index (χ0v) is 16.3. The number of benzene rings is 1. The lowest BCUT2D eigenvalue weighted by atomic mass is 10.2. The molecule has 0 aliphatic heterocycles. The molecule has 0 saturated heterocycles. The maximum absolute atomic E-state index is 10.6. The van der Waals surface area contributed by atoms with Crippen molar-refractivity contribution < 1.29 is 8.42 Å². The average Bonchev–Trinajstić information content (AvgIpc) is 2.62. The summed E-state index contributed by atoms with van der Waals surface area (Å²) in [4.78, 5) is 15.1. The first kappa shape index (κ1) is 20.5. The zero-order valence-electron chi connectivity index (χ0n) is 13.2. The fraction of sp³-hybridized carbons (Fsp3) is 0.0667. The first-order chi connectivity index (χ1) is 12.3. The van der Waals surface area contributed by atoms with Crippen LogP contribution in [0.5, 0.6) is 0 Å². The summed E-state index contributed by atoms with van der Waals surface area (Å²) in [5.74, 6) is 0.900. The summed E-state index contributed by atoms with van der Waals surface area (Å²) in [6, 6.07) is 10.3. The Bertz CT molecular complexity index is 925. The van der Waals surface area contributed by atoms with Crippen molar-refractivity contribution >= 4 is 45.0 Å². The standard InChI is InChI=1S/C11H9ClN2S.C4H4ClN3O2S/c12-10-6-14-11(7-13-10)15-8-9-4-2-1-3-5-9;5-3-1-8-4(2-7-3)11(6,9)10/h1-7H,8H2;1-2H,(H2,6,9,10). The number of primary sulfonamides is 1. The van der Waals surface area contributed by atoms with E-state index in [4.69, 9.17) is 28.3 Å². The molecule has 136 valence electrons. The van der Waals surface area contributed by atoms with E-state index in [1.165, 1.54) is 5.56 Å². The molecule has 0 radical (unpaired) electrons. The van der Waals surface area contributed by atoms with Gasteiger partial charge in [0.2, 0.25) is 0 Å². The normalized spacial score (nSPS) is 10.7. The highest BCUT2D eigenvalue weighted by molar-refractivity contribution is 7.98. The van der Waals surface area contributed by atoms with Crippen LogP contribution in [0.1, 0.15) is 5.56 Å². The predicted molar refractivity (Wildman–Crippen MR) is 101 cm³/mol. The van der Waals surface area contributed by atoms with Gasteiger partial charge in [0, 0.05) is 5.75 Å². The molecular formula is C15H13Cl2N5O2S2. The summed E-state index contributed by atoms with van der Waals surface area (Å²) in [7, 11) is -3.75. The smallest absolute Gasteiger partial charge is 0.245 e. The summed E-state index contributed by atoms with van der Waals surface area (Å²) < 4.78 is 21.2. The number of aromatic nitrogens is 4. The quantitative estimate of drug-likeness (QED) is 0.633. The van der Waals surface area contributed by atoms with Crippen LogP contribution in [-0.2, 0) is 15.8 Å². The van der Waals surface area contributed by atoms with Gasteiger partial charge in [-0.05, 0) is 5.56 Å². The van der Waals surface area contributed by atoms with Crippen LogP contribution in [0.2, 0.25) is 10.3 Å². The van der Waals surface area contributed by atoms with Gasteiger partial charge >= 0.3 is 0 Å². The second-order valence-corrected chi connectivity index (χ2v) is 7.95. The van der Waals surface area contributed by atoms with Gasteiger partial charge in [0.15, 0.2) is 5.03 Å². The van der Waals surface area contributed by atoms with Crippen molar-refractivity contribution in [2.24, 2.45) is 5.14 Å². The second kappa shape index (κ2) is 9.79. The van der Waals surface area contributed by atoms with E-state index in [0.717, 1.165) is 23.2 Å². The minimum absolute atomic E-state index is 0.123. The summed E-state index contributed by atoms with van der Waals surface area (Å²) in [5, 5.41) is 5.89. The van der Waals surface area contributed by atoms with Crippen molar-refractivity contribution in [2.75, 3.05) is 0 Å². The molecule has 26 heavy (non-hydrogen) atoms. The SMILES string of the molecule is Clc1cnc(SCc2ccccc2)cn1.NS(=O)(=O)c1cnc(Cl)cn1. The van der Waals surface area contributed by atoms with Crippen LogP contribution in [0.4, 0.5) is 0 Å². The number of rotatable bonds is 4. The highest BCUT2D eigenvalue weighted by Crippen LogP contribution is 2.20. The van der Waals surface area contributed by atoms with Crippen molar-refractivity contribution in [1.82, 2.24) is 19.9 Å². The van der Waals surface area contributed by atoms with E-state index in [0.29, 0.717) is 5.15 Å². The Kier molecular flexibility index (Phi) is 7.73. The molecule has 0 atom stereocenters. The molecule has 11 heteroatoms. The monoisotopic (exact) mass is 429 g/mol. The van der Waals surface area contributed by atoms with E-state index in [2.05, 4.69) is 32.1 Å². The van der Waals surface area contributed by atoms with Crippen LogP contribution in [0.15, 0.2) is 65.2 Å². The summed E-state index contributed by atoms with van der Waals surface area (Å²) >= 11 is 12.6. The molecule has 0 spiro atoms. The third kappa shape index (κ3) is 7.22. The maximum Gasteiger partial charge on any atom is 0.257 e. The number of nitrogens with zero attached hydrogens (tertiary/aromatic N) is 4. The third-order valence-electron chi connectivity index (χ3n) is 2.71. The van der Waals surface area contributed by atoms with Gasteiger partial charge < -0.3 is 0 Å². The molecule has 2 heterocycles. The molecule has 0 aliphatic rings. The van der Waals surface area contributed by atoms with E-state index < -0.39 is 10.0 Å². The molecule has 0 aliphatic carbocycles. The summed E-state index contributed by atoms with van der Waals surface area (Å²) in [5.41, 5.74) is 1.28. The first-order valence-corrected chi connectivity index (χ1v) is 10.3. The van der Waals surface area contributed by atoms with Crippen LogP contribution < -0.4 is 5.14 Å². The Morgan fingerprint density at radius 2 is 1.50 bits per heavy atom. The molecule has 0 unspecified atom stereocenters. The number of hydrogen-bond acceptors (Lipinski definition) is 7. The Morgan fingerprint density at radius 3 is 2.00 bits per heavy atom. The van der Waals surface area contributed by atoms with Crippen molar-refractivity contribution in [3.8, 4) is 0 Å². The van der Waals surface area contributed by atoms with Gasteiger partial charge in [-0.15, -0.1) is 11.8 Å². The second-order valence-electron chi connectivity index (χ2n) is 4.67. The van der Waals surface area contributed by atoms with Crippen molar-refractivity contribution in [1.29, 1.82) is 0 Å². The van der Waals surface area contributed by atoms with E-state index in [1.54, 1.807) is 24.2 Å². The Morgan fingerprint density at radius 1 is 0.885 bits per heavy atom. The van der Waals surface area contributed by atoms with E-state index in [-0.39, 0.29) is 10.2 Å². The van der Waals surface area contributed by atoms with Gasteiger partial charge in [0.1, 0.15) is 15.3 Å². The summed E-state index contributed by atoms with van der Waals surface area (Å²) in [6.07, 6.45) is 5.36. The zero-order chi connectivity index (χ0) is 19.0. The van der Waals surface area contributed by atoms with Gasteiger partial charge in [-0.2, -0.15) is 0 Å². The number of sulfonamides is 1. The van der Waals surface area contributed by atoms with Crippen molar-refractivity contribution in [3.05, 3.63) is 71.0 Å². The van der Waals surface area contributed by atoms with E-state index >= 15 is 0 Å². The molecule has 0 saturated carbocycles. The van der Waals surface area contributed by atoms with Crippen LogP contribution in [-0.4, -0.2) is 28.4 Å². The molecule has 0 bridgehead atoms. The number of halogens is 2. The van der Waals surface area contributed by atoms with Crippen LogP contribution >= 0.6 is 35.0 Å². The lowest BCUT2D eigenvalue weighted by Crippen LogP contribution is -2.13. The van der Waals surface area contributed by atoms with Crippen LogP contribution in [0, 0.1) is 0 Å². The summed E-state index contributed by atoms with van der Waals surface area (Å²) in [6.45, 7) is 0. The molecular weight excluding hydrogens is 417 g/mol. The van der Waals surface area contributed by atoms with Gasteiger partial charge in [0.05, 0.1) is 24.8 Å². The number of thioether (sulfide) groups is 1. The lowest BCUT2D eigenvalue weighted by molar-refractivity contribution is 0.593. The van der Waals surface area contributed by atoms with Crippen molar-refractivity contribution in [3.63, 3.8) is 0 Å². The fourth-order valence-electron chi connectivity index (χ4n) is 1.55. The molecule has 2 aromatic heterocycles. The number of hydrogen-bond donors (Lipinski definition) is 1. The Hall–Kier alpha value is -1.78. The topological polar surface area (TPSA) is 112 Å². The molecule has 0 fully saturated rings. The van der Waals surface area contributed by atoms with E-state index in [9.17, 15) is 8.42 Å². The maximum atomic E-state index is 10.6. The van der Waals surface area contributed by atoms with Crippen molar-refractivity contribution in [2.45, 2.75) is 15.8 Å². The fourth-order valence-corrected chi connectivity index (χ4v) is 2.91. The van der Waals surface area contributed by atoms with Gasteiger partial charge in [0.25, 0.3) is 10.0 Å². The Labute approximate surface area is 165 Å². The van der Waals surface area contributed by atoms with E-state index in [1.807, 2.05) is 18.2 Å². The van der Waals surface area contributed by atoms with Crippen LogP contribution in [0.25, 0.3) is 0 Å². The van der Waals surface area contributed by atoms with Gasteiger partial charge in [-0.25, -0.2) is 33.5 Å². The average molecular weight is 430 g/mol. The molecule has 2 N–H and O–H groups in total. The largest absolute Gasteiger partial charge is 0.257 e. The van der Waals surface area contributed by atoms with Crippen LogP contribution in [0.3, 0.4) is 0 Å². The molecule has 3 aromatic rings. The highest BCUT2D eigenvalue weighted by Gasteiger charge is 2.08.